The maximum absolute atomic E-state index is 12.0. The standard InChI is InChI=1S/C15H15ClN2O2/c16-12-3-1-2-10(8-12)9-13-15(19)18-14(17-13)11-4-6-20-7-5-11/h1-3,8-9,11H,4-7H2,(H,17,18,19)/b13-9+. The first-order valence-electron chi connectivity index (χ1n) is 6.67. The van der Waals surface area contributed by atoms with Crippen LogP contribution in [0.5, 0.6) is 0 Å². The molecule has 20 heavy (non-hydrogen) atoms. The summed E-state index contributed by atoms with van der Waals surface area (Å²) in [6.45, 7) is 1.46. The van der Waals surface area contributed by atoms with Crippen molar-refractivity contribution in [1.29, 1.82) is 0 Å². The Hall–Kier alpha value is -1.65. The Morgan fingerprint density at radius 2 is 2.15 bits per heavy atom. The molecule has 1 aromatic carbocycles. The molecule has 3 rings (SSSR count). The van der Waals surface area contributed by atoms with Crippen LogP contribution >= 0.6 is 11.6 Å². The fraction of sp³-hybridized carbons (Fsp3) is 0.333. The van der Waals surface area contributed by atoms with Crippen LogP contribution < -0.4 is 5.32 Å². The van der Waals surface area contributed by atoms with Gasteiger partial charge in [-0.2, -0.15) is 0 Å². The molecule has 4 nitrogen and oxygen atoms in total. The predicted molar refractivity (Wildman–Crippen MR) is 78.5 cm³/mol. The zero-order valence-corrected chi connectivity index (χ0v) is 11.7. The summed E-state index contributed by atoms with van der Waals surface area (Å²) in [7, 11) is 0. The van der Waals surface area contributed by atoms with Crippen LogP contribution in [-0.4, -0.2) is 25.0 Å². The second-order valence-electron chi connectivity index (χ2n) is 4.92. The summed E-state index contributed by atoms with van der Waals surface area (Å²) in [6, 6.07) is 7.36. The highest BCUT2D eigenvalue weighted by Crippen LogP contribution is 2.22. The lowest BCUT2D eigenvalue weighted by molar-refractivity contribution is -0.115. The molecule has 104 valence electrons. The molecule has 1 amide bonds. The van der Waals surface area contributed by atoms with Crippen molar-refractivity contribution in [3.8, 4) is 0 Å². The maximum Gasteiger partial charge on any atom is 0.275 e. The smallest absolute Gasteiger partial charge is 0.275 e. The van der Waals surface area contributed by atoms with Gasteiger partial charge in [-0.15, -0.1) is 0 Å². The summed E-state index contributed by atoms with van der Waals surface area (Å²) in [5, 5.41) is 3.51. The highest BCUT2D eigenvalue weighted by atomic mass is 35.5. The number of amides is 1. The fourth-order valence-corrected chi connectivity index (χ4v) is 2.60. The Morgan fingerprint density at radius 3 is 2.90 bits per heavy atom. The topological polar surface area (TPSA) is 50.7 Å². The number of ether oxygens (including phenoxy) is 1. The number of carbonyl (C=O) groups excluding carboxylic acids is 1. The van der Waals surface area contributed by atoms with Gasteiger partial charge >= 0.3 is 0 Å². The molecule has 2 aliphatic heterocycles. The molecular weight excluding hydrogens is 276 g/mol. The molecule has 0 atom stereocenters. The Balaban J connectivity index is 1.82. The van der Waals surface area contributed by atoms with E-state index in [9.17, 15) is 4.79 Å². The summed E-state index contributed by atoms with van der Waals surface area (Å²) in [6.07, 6.45) is 3.57. The second kappa shape index (κ2) is 5.77. The molecule has 0 unspecified atom stereocenters. The molecule has 1 aromatic rings. The first-order valence-corrected chi connectivity index (χ1v) is 7.05. The quantitative estimate of drug-likeness (QED) is 0.851. The molecule has 0 bridgehead atoms. The monoisotopic (exact) mass is 290 g/mol. The molecule has 0 aromatic heterocycles. The summed E-state index contributed by atoms with van der Waals surface area (Å²) in [5.41, 5.74) is 1.31. The summed E-state index contributed by atoms with van der Waals surface area (Å²) < 4.78 is 5.32. The number of rotatable bonds is 2. The van der Waals surface area contributed by atoms with Gasteiger partial charge in [0.2, 0.25) is 0 Å². The van der Waals surface area contributed by atoms with Crippen molar-refractivity contribution < 1.29 is 9.53 Å². The van der Waals surface area contributed by atoms with E-state index in [-0.39, 0.29) is 11.8 Å². The van der Waals surface area contributed by atoms with E-state index in [1.165, 1.54) is 0 Å². The van der Waals surface area contributed by atoms with Crippen LogP contribution in [0.3, 0.4) is 0 Å². The van der Waals surface area contributed by atoms with Crippen LogP contribution in [0.1, 0.15) is 18.4 Å². The normalized spacial score (nSPS) is 21.9. The van der Waals surface area contributed by atoms with E-state index in [4.69, 9.17) is 16.3 Å². The Kier molecular flexibility index (Phi) is 3.85. The molecule has 0 aliphatic carbocycles. The highest BCUT2D eigenvalue weighted by molar-refractivity contribution is 6.30. The van der Waals surface area contributed by atoms with Crippen molar-refractivity contribution in [3.63, 3.8) is 0 Å². The van der Waals surface area contributed by atoms with Gasteiger partial charge in [-0.25, -0.2) is 4.99 Å². The maximum atomic E-state index is 12.0. The number of benzene rings is 1. The van der Waals surface area contributed by atoms with Crippen molar-refractivity contribution in [2.24, 2.45) is 10.9 Å². The van der Waals surface area contributed by atoms with E-state index in [0.717, 1.165) is 37.5 Å². The van der Waals surface area contributed by atoms with Crippen LogP contribution in [0.25, 0.3) is 6.08 Å². The van der Waals surface area contributed by atoms with E-state index in [2.05, 4.69) is 10.3 Å². The average Bonchev–Trinajstić information content (AvgIpc) is 2.81. The third-order valence-corrected chi connectivity index (χ3v) is 3.71. The number of amidine groups is 1. The van der Waals surface area contributed by atoms with Gasteiger partial charge in [0.25, 0.3) is 5.91 Å². The summed E-state index contributed by atoms with van der Waals surface area (Å²) in [5.74, 6) is 0.913. The Bertz CT molecular complexity index is 589. The number of halogens is 1. The van der Waals surface area contributed by atoms with Crippen molar-refractivity contribution in [1.82, 2.24) is 5.32 Å². The van der Waals surface area contributed by atoms with E-state index < -0.39 is 0 Å². The Morgan fingerprint density at radius 1 is 1.35 bits per heavy atom. The zero-order chi connectivity index (χ0) is 13.9. The minimum atomic E-state index is -0.147. The third kappa shape index (κ3) is 2.92. The first-order chi connectivity index (χ1) is 9.72. The molecule has 1 fully saturated rings. The molecular formula is C15H15ClN2O2. The van der Waals surface area contributed by atoms with Crippen LogP contribution in [-0.2, 0) is 9.53 Å². The minimum Gasteiger partial charge on any atom is -0.381 e. The lowest BCUT2D eigenvalue weighted by atomic mass is 9.99. The van der Waals surface area contributed by atoms with Gasteiger partial charge in [0.1, 0.15) is 11.5 Å². The zero-order valence-electron chi connectivity index (χ0n) is 10.9. The molecule has 5 heteroatoms. The Labute approximate surface area is 122 Å². The number of carbonyl (C=O) groups is 1. The molecule has 1 N–H and O–H groups in total. The first kappa shape index (κ1) is 13.3. The van der Waals surface area contributed by atoms with E-state index in [1.807, 2.05) is 18.2 Å². The number of aliphatic imine (C=N–C) groups is 1. The van der Waals surface area contributed by atoms with Gasteiger partial charge in [0.15, 0.2) is 0 Å². The van der Waals surface area contributed by atoms with Crippen LogP contribution in [0, 0.1) is 5.92 Å². The summed E-state index contributed by atoms with van der Waals surface area (Å²) >= 11 is 5.94. The van der Waals surface area contributed by atoms with Crippen molar-refractivity contribution in [3.05, 3.63) is 40.5 Å². The van der Waals surface area contributed by atoms with Gasteiger partial charge in [0.05, 0.1) is 0 Å². The van der Waals surface area contributed by atoms with Crippen LogP contribution in [0.4, 0.5) is 0 Å². The van der Waals surface area contributed by atoms with Gasteiger partial charge in [-0.05, 0) is 36.6 Å². The lowest BCUT2D eigenvalue weighted by Crippen LogP contribution is -2.33. The number of hydrogen-bond acceptors (Lipinski definition) is 3. The largest absolute Gasteiger partial charge is 0.381 e. The highest BCUT2D eigenvalue weighted by Gasteiger charge is 2.27. The summed E-state index contributed by atoms with van der Waals surface area (Å²) in [4.78, 5) is 16.4. The predicted octanol–water partition coefficient (Wildman–Crippen LogP) is 2.64. The van der Waals surface area contributed by atoms with Crippen LogP contribution in [0.2, 0.25) is 5.02 Å². The molecule has 0 saturated carbocycles. The van der Waals surface area contributed by atoms with Gasteiger partial charge in [-0.1, -0.05) is 23.7 Å². The molecule has 2 heterocycles. The van der Waals surface area contributed by atoms with E-state index >= 15 is 0 Å². The van der Waals surface area contributed by atoms with Crippen molar-refractivity contribution in [2.45, 2.75) is 12.8 Å². The lowest BCUT2D eigenvalue weighted by Gasteiger charge is -2.21. The van der Waals surface area contributed by atoms with Gasteiger partial charge < -0.3 is 10.1 Å². The molecule has 0 radical (unpaired) electrons. The number of nitrogens with one attached hydrogen (secondary N) is 1. The van der Waals surface area contributed by atoms with E-state index in [1.54, 1.807) is 12.1 Å². The molecule has 0 spiro atoms. The second-order valence-corrected chi connectivity index (χ2v) is 5.36. The fourth-order valence-electron chi connectivity index (χ4n) is 2.41. The van der Waals surface area contributed by atoms with Crippen LogP contribution in [0.15, 0.2) is 35.0 Å². The minimum absolute atomic E-state index is 0.147. The molecule has 1 saturated heterocycles. The molecule has 2 aliphatic rings. The SMILES string of the molecule is O=C1NC(C2CCOCC2)=N/C1=C/c1cccc(Cl)c1. The van der Waals surface area contributed by atoms with E-state index in [0.29, 0.717) is 10.7 Å². The third-order valence-electron chi connectivity index (χ3n) is 3.48. The van der Waals surface area contributed by atoms with Gasteiger partial charge in [-0.3, -0.25) is 4.79 Å². The van der Waals surface area contributed by atoms with Crippen molar-refractivity contribution >= 4 is 29.4 Å². The number of hydrogen-bond donors (Lipinski definition) is 1. The average molecular weight is 291 g/mol. The number of nitrogens with zero attached hydrogens (tertiary/aromatic N) is 1. The van der Waals surface area contributed by atoms with Crippen molar-refractivity contribution in [2.75, 3.05) is 13.2 Å². The van der Waals surface area contributed by atoms with Gasteiger partial charge in [0, 0.05) is 24.2 Å².